The Bertz CT molecular complexity index is 2530. The van der Waals surface area contributed by atoms with Gasteiger partial charge in [0.25, 0.3) is 0 Å². The first-order valence-electron chi connectivity index (χ1n) is 26.8. The summed E-state index contributed by atoms with van der Waals surface area (Å²) in [5.74, 6) is -7.40. The lowest BCUT2D eigenvalue weighted by molar-refractivity contribution is -0.137. The molecular formula is C53H82N14O11S2. The number of aliphatic hydroxyl groups is 2. The zero-order valence-corrected chi connectivity index (χ0v) is 47.8. The molecule has 0 aliphatic carbocycles. The monoisotopic (exact) mass is 1150 g/mol. The topological polar surface area (TPSA) is 395 Å². The van der Waals surface area contributed by atoms with Crippen LogP contribution in [-0.2, 0) is 56.0 Å². The number of aliphatic imine (C=N–C) groups is 1. The third-order valence-corrected chi connectivity index (χ3v) is 13.3. The third-order valence-electron chi connectivity index (χ3n) is 12.6. The summed E-state index contributed by atoms with van der Waals surface area (Å²) in [5.41, 5.74) is 13.1. The highest BCUT2D eigenvalue weighted by Gasteiger charge is 2.36. The molecule has 17 N–H and O–H groups in total. The zero-order chi connectivity index (χ0) is 59.3. The number of amides is 9. The quantitative estimate of drug-likeness (QED) is 0.0129. The largest absolute Gasteiger partial charge is 0.391 e. The molecule has 1 heterocycles. The minimum Gasteiger partial charge on any atom is -0.391 e. The van der Waals surface area contributed by atoms with Gasteiger partial charge in [-0.15, -0.1) is 0 Å². The van der Waals surface area contributed by atoms with Gasteiger partial charge < -0.3 is 79.8 Å². The highest BCUT2D eigenvalue weighted by atomic mass is 32.1. The molecule has 0 aliphatic rings. The molecule has 25 nitrogen and oxygen atoms in total. The summed E-state index contributed by atoms with van der Waals surface area (Å²) in [6.07, 6.45) is 0.513. The van der Waals surface area contributed by atoms with Crippen LogP contribution in [0, 0.1) is 0 Å². The Morgan fingerprint density at radius 3 is 1.59 bits per heavy atom. The average molecular weight is 1160 g/mol. The van der Waals surface area contributed by atoms with Crippen molar-refractivity contribution in [1.82, 2.24) is 58.2 Å². The van der Waals surface area contributed by atoms with E-state index in [1.807, 2.05) is 32.0 Å². The van der Waals surface area contributed by atoms with Gasteiger partial charge in [0.15, 0.2) is 5.96 Å². The van der Waals surface area contributed by atoms with Gasteiger partial charge in [0.05, 0.1) is 12.2 Å². The molecule has 3 aromatic rings. The van der Waals surface area contributed by atoms with Gasteiger partial charge in [0.1, 0.15) is 48.3 Å². The third kappa shape index (κ3) is 22.7. The first kappa shape index (κ1) is 67.3. The molecule has 10 atom stereocenters. The van der Waals surface area contributed by atoms with Crippen molar-refractivity contribution >= 4 is 95.3 Å². The van der Waals surface area contributed by atoms with Crippen LogP contribution in [0.5, 0.6) is 0 Å². The molecule has 27 heteroatoms. The van der Waals surface area contributed by atoms with E-state index in [-0.39, 0.29) is 43.7 Å². The van der Waals surface area contributed by atoms with E-state index in [0.29, 0.717) is 62.4 Å². The number of H-pyrrole nitrogens is 1. The van der Waals surface area contributed by atoms with E-state index in [1.165, 1.54) is 20.8 Å². The Labute approximate surface area is 477 Å². The van der Waals surface area contributed by atoms with Crippen molar-refractivity contribution in [3.05, 3.63) is 71.9 Å². The van der Waals surface area contributed by atoms with Crippen LogP contribution in [0.15, 0.2) is 65.8 Å². The van der Waals surface area contributed by atoms with E-state index >= 15 is 0 Å². The summed E-state index contributed by atoms with van der Waals surface area (Å²) in [6, 6.07) is 4.81. The molecule has 3 rings (SSSR count). The number of hydrogen-bond acceptors (Lipinski definition) is 15. The maximum absolute atomic E-state index is 14.7. The van der Waals surface area contributed by atoms with Crippen molar-refractivity contribution < 1.29 is 53.4 Å². The van der Waals surface area contributed by atoms with Gasteiger partial charge in [-0.1, -0.05) is 48.5 Å². The number of carbonyl (C=O) groups is 9. The molecule has 0 bridgehead atoms. The number of fused-ring (bicyclic) bond motifs is 1. The van der Waals surface area contributed by atoms with Crippen LogP contribution in [0.2, 0.25) is 0 Å². The fourth-order valence-electron chi connectivity index (χ4n) is 8.31. The number of nitrogens with zero attached hydrogens (tertiary/aromatic N) is 1. The molecule has 0 saturated carbocycles. The maximum atomic E-state index is 14.7. The van der Waals surface area contributed by atoms with Crippen LogP contribution in [0.3, 0.4) is 0 Å². The van der Waals surface area contributed by atoms with Crippen molar-refractivity contribution in [2.45, 2.75) is 147 Å². The number of thiol groups is 2. The van der Waals surface area contributed by atoms with Crippen LogP contribution in [0.4, 0.5) is 0 Å². The molecule has 0 saturated heterocycles. The normalized spacial score (nSPS) is 14.8. The highest BCUT2D eigenvalue weighted by Crippen LogP contribution is 2.20. The van der Waals surface area contributed by atoms with Gasteiger partial charge in [-0.3, -0.25) is 48.1 Å². The number of aromatic nitrogens is 1. The summed E-state index contributed by atoms with van der Waals surface area (Å²) < 4.78 is 0. The summed E-state index contributed by atoms with van der Waals surface area (Å²) in [6.45, 7) is 9.64. The molecule has 0 unspecified atom stereocenters. The van der Waals surface area contributed by atoms with Crippen LogP contribution in [-0.4, -0.2) is 173 Å². The molecule has 80 heavy (non-hydrogen) atoms. The Kier molecular flexibility index (Phi) is 30.0. The van der Waals surface area contributed by atoms with Gasteiger partial charge in [-0.2, -0.15) is 25.3 Å². The van der Waals surface area contributed by atoms with Gasteiger partial charge in [0.2, 0.25) is 53.2 Å². The summed E-state index contributed by atoms with van der Waals surface area (Å²) in [7, 11) is 0. The number of rotatable bonds is 35. The second-order valence-electron chi connectivity index (χ2n) is 19.1. The van der Waals surface area contributed by atoms with E-state index in [4.69, 9.17) is 11.5 Å². The Balaban J connectivity index is 1.94. The lowest BCUT2D eigenvalue weighted by atomic mass is 10.0. The molecule has 9 amide bonds. The van der Waals surface area contributed by atoms with Gasteiger partial charge in [0, 0.05) is 68.0 Å². The predicted octanol–water partition coefficient (Wildman–Crippen LogP) is -2.17. The lowest BCUT2D eigenvalue weighted by Gasteiger charge is -2.28. The van der Waals surface area contributed by atoms with E-state index in [1.54, 1.807) is 42.6 Å². The molecule has 442 valence electrons. The van der Waals surface area contributed by atoms with Crippen LogP contribution >= 0.6 is 25.3 Å². The number of aliphatic hydroxyl groups excluding tert-OH is 2. The highest BCUT2D eigenvalue weighted by molar-refractivity contribution is 7.80. The van der Waals surface area contributed by atoms with Gasteiger partial charge >= 0.3 is 0 Å². The first-order chi connectivity index (χ1) is 38.2. The molecule has 0 fully saturated rings. The lowest BCUT2D eigenvalue weighted by Crippen LogP contribution is -2.62. The Morgan fingerprint density at radius 1 is 0.575 bits per heavy atom. The number of para-hydroxylation sites is 1. The second-order valence-corrected chi connectivity index (χ2v) is 19.8. The van der Waals surface area contributed by atoms with Crippen LogP contribution in [0.25, 0.3) is 10.9 Å². The number of unbranched alkanes of at least 4 members (excludes halogenated alkanes) is 2. The number of guanidine groups is 1. The van der Waals surface area contributed by atoms with Crippen molar-refractivity contribution in [3.8, 4) is 0 Å². The minimum absolute atomic E-state index is 0.0264. The smallest absolute Gasteiger partial charge is 0.245 e. The fraction of sp³-hybridized carbons (Fsp3) is 0.547. The molecule has 2 aromatic carbocycles. The van der Waals surface area contributed by atoms with Crippen molar-refractivity contribution in [1.29, 1.82) is 0 Å². The number of hydrogen-bond donors (Lipinski definition) is 17. The van der Waals surface area contributed by atoms with Crippen molar-refractivity contribution in [2.75, 3.05) is 37.7 Å². The fourth-order valence-corrected chi connectivity index (χ4v) is 8.82. The molecule has 0 aliphatic heterocycles. The summed E-state index contributed by atoms with van der Waals surface area (Å²) >= 11 is 8.49. The number of aromatic amines is 1. The predicted molar refractivity (Wildman–Crippen MR) is 310 cm³/mol. The number of nitrogens with two attached hydrogens (primary N) is 2. The maximum Gasteiger partial charge on any atom is 0.245 e. The number of nitrogens with one attached hydrogen (secondary N) is 11. The van der Waals surface area contributed by atoms with E-state index < -0.39 is 114 Å². The average Bonchev–Trinajstić information content (AvgIpc) is 3.83. The zero-order valence-electron chi connectivity index (χ0n) is 46.0. The standard InChI is InChI=1S/C53H82N14O11S2/c1-6-56-53(57-7-2)58-24-16-14-22-37(60-32(5)70)46(72)64-41(28-79)50(76)62-39(25-33-17-9-8-10-18-33)48(74)63-40(26-34-27-59-36-20-12-11-19-35(34)36)49(75)61-38(21-13-15-23-54)47(73)67-44(31(4)69)52(78)65-42(29-80)51(77)66-43(30(3)68)45(55)71/h8-12,17-20,27,30-31,37-44,59,68-69,79-80H,6-7,13-16,21-26,28-29,54H2,1-5H3,(H2,55,71)(H,60,70)(H,61,75)(H,62,76)(H,63,74)(H,64,72)(H,65,78)(H,66,77)(H,67,73)(H2,56,57,58)/t30-,31-,37-,38+,39+,40-,41+,42+,43+,44+/m1/s1. The number of carbonyl (C=O) groups excluding carboxylic acids is 9. The molecule has 1 aromatic heterocycles. The van der Waals surface area contributed by atoms with E-state index in [0.717, 1.165) is 10.9 Å². The van der Waals surface area contributed by atoms with E-state index in [2.05, 4.69) is 88.4 Å². The number of benzene rings is 2. The van der Waals surface area contributed by atoms with Gasteiger partial charge in [-0.25, -0.2) is 0 Å². The van der Waals surface area contributed by atoms with Gasteiger partial charge in [-0.05, 0) is 90.0 Å². The van der Waals surface area contributed by atoms with Crippen LogP contribution < -0.4 is 64.6 Å². The van der Waals surface area contributed by atoms with Crippen LogP contribution in [0.1, 0.15) is 84.3 Å². The molecular weight excluding hydrogens is 1070 g/mol. The summed E-state index contributed by atoms with van der Waals surface area (Å²) in [4.78, 5) is 130. The Morgan fingerprint density at radius 2 is 1.04 bits per heavy atom. The SMILES string of the molecule is CCNC(=NCCCC[C@@H](NC(C)=O)C(=O)N[C@@H](CS)C(=O)N[C@@H](Cc1ccccc1)C(=O)N[C@H](Cc1c[nH]c2ccccc12)C(=O)N[C@@H](CCCCN)C(=O)N[C@H](C(=O)N[C@@H](CS)C(=O)N[C@H](C(N)=O)[C@@H](C)O)[C@@H](C)O)NCC. The molecule has 0 radical (unpaired) electrons. The van der Waals surface area contributed by atoms with Crippen molar-refractivity contribution in [2.24, 2.45) is 16.5 Å². The second kappa shape index (κ2) is 35.6. The summed E-state index contributed by atoms with van der Waals surface area (Å²) in [5, 5.41) is 48.4. The minimum atomic E-state index is -1.71. The Hall–Kier alpha value is -6.94. The molecule has 0 spiro atoms. The first-order valence-corrected chi connectivity index (χ1v) is 28.0. The van der Waals surface area contributed by atoms with E-state index in [9.17, 15) is 53.4 Å². The van der Waals surface area contributed by atoms with Crippen molar-refractivity contribution in [3.63, 3.8) is 0 Å². The number of primary amides is 1.